The van der Waals surface area contributed by atoms with Crippen LogP contribution in [0.2, 0.25) is 0 Å². The van der Waals surface area contributed by atoms with Gasteiger partial charge in [-0.3, -0.25) is 10.1 Å². The van der Waals surface area contributed by atoms with Gasteiger partial charge in [-0.05, 0) is 19.1 Å². The Hall–Kier alpha value is -2.64. The van der Waals surface area contributed by atoms with Gasteiger partial charge in [-0.2, -0.15) is 0 Å². The lowest BCUT2D eigenvalue weighted by molar-refractivity contribution is -0.384. The highest BCUT2D eigenvalue weighted by Crippen LogP contribution is 2.17. The first-order valence-electron chi connectivity index (χ1n) is 5.14. The summed E-state index contributed by atoms with van der Waals surface area (Å²) in [6.07, 6.45) is -2.21. The Bertz CT molecular complexity index is 482. The molecule has 0 amide bonds. The number of hydrogen-bond donors (Lipinski definition) is 0. The molecule has 0 fully saturated rings. The van der Waals surface area contributed by atoms with E-state index in [9.17, 15) is 19.7 Å². The van der Waals surface area contributed by atoms with E-state index in [1.165, 1.54) is 31.2 Å². The lowest BCUT2D eigenvalue weighted by Gasteiger charge is -2.10. The maximum Gasteiger partial charge on any atom is 0.514 e. The number of rotatable bonds is 4. The number of esters is 1. The largest absolute Gasteiger partial charge is 0.514 e. The van der Waals surface area contributed by atoms with Crippen LogP contribution in [0.25, 0.3) is 0 Å². The van der Waals surface area contributed by atoms with E-state index in [-0.39, 0.29) is 11.4 Å². The molecule has 1 rings (SSSR count). The second-order valence-electron chi connectivity index (χ2n) is 3.39. The first kappa shape index (κ1) is 14.4. The van der Waals surface area contributed by atoms with Crippen LogP contribution < -0.4 is 4.74 Å². The lowest BCUT2D eigenvalue weighted by Crippen LogP contribution is -2.26. The summed E-state index contributed by atoms with van der Waals surface area (Å²) >= 11 is 0. The second kappa shape index (κ2) is 6.34. The van der Waals surface area contributed by atoms with Gasteiger partial charge in [-0.25, -0.2) is 9.59 Å². The summed E-state index contributed by atoms with van der Waals surface area (Å²) in [4.78, 5) is 32.1. The zero-order chi connectivity index (χ0) is 14.4. The van der Waals surface area contributed by atoms with E-state index in [0.717, 1.165) is 7.11 Å². The molecule has 1 atom stereocenters. The standard InChI is InChI=1S/C11H11NO7/c1-7(10(13)17-2)18-11(14)19-9-5-3-8(4-6-9)12(15)16/h3-7H,1-2H3. The van der Waals surface area contributed by atoms with E-state index < -0.39 is 23.2 Å². The van der Waals surface area contributed by atoms with E-state index in [4.69, 9.17) is 4.74 Å². The lowest BCUT2D eigenvalue weighted by atomic mass is 10.3. The fourth-order valence-electron chi connectivity index (χ4n) is 1.11. The molecule has 1 aromatic rings. The third-order valence-electron chi connectivity index (χ3n) is 2.05. The van der Waals surface area contributed by atoms with Gasteiger partial charge < -0.3 is 14.2 Å². The quantitative estimate of drug-likeness (QED) is 0.354. The summed E-state index contributed by atoms with van der Waals surface area (Å²) in [5, 5.41) is 10.4. The summed E-state index contributed by atoms with van der Waals surface area (Å²) in [6, 6.07) is 4.82. The average Bonchev–Trinajstić information content (AvgIpc) is 2.38. The highest BCUT2D eigenvalue weighted by Gasteiger charge is 2.19. The number of carbonyl (C=O) groups excluding carboxylic acids is 2. The Labute approximate surface area is 108 Å². The van der Waals surface area contributed by atoms with Crippen LogP contribution in [0, 0.1) is 10.1 Å². The van der Waals surface area contributed by atoms with Gasteiger partial charge in [-0.15, -0.1) is 0 Å². The van der Waals surface area contributed by atoms with Crippen LogP contribution in [-0.4, -0.2) is 30.3 Å². The predicted molar refractivity (Wildman–Crippen MR) is 61.7 cm³/mol. The number of nitrogens with zero attached hydrogens (tertiary/aromatic N) is 1. The summed E-state index contributed by atoms with van der Waals surface area (Å²) in [5.74, 6) is -0.659. The maximum absolute atomic E-state index is 11.3. The van der Waals surface area contributed by atoms with Gasteiger partial charge in [0.2, 0.25) is 0 Å². The molecule has 102 valence electrons. The Balaban J connectivity index is 2.57. The minimum Gasteiger partial charge on any atom is -0.466 e. The van der Waals surface area contributed by atoms with Crippen LogP contribution >= 0.6 is 0 Å². The number of carbonyl (C=O) groups is 2. The second-order valence-corrected chi connectivity index (χ2v) is 3.39. The minimum atomic E-state index is -1.10. The van der Waals surface area contributed by atoms with Crippen molar-refractivity contribution in [1.29, 1.82) is 0 Å². The van der Waals surface area contributed by atoms with Crippen LogP contribution in [0.3, 0.4) is 0 Å². The molecule has 1 unspecified atom stereocenters. The van der Waals surface area contributed by atoms with Crippen molar-refractivity contribution in [2.75, 3.05) is 7.11 Å². The highest BCUT2D eigenvalue weighted by molar-refractivity contribution is 5.77. The number of nitro groups is 1. The van der Waals surface area contributed by atoms with Gasteiger partial charge in [0.15, 0.2) is 6.10 Å². The van der Waals surface area contributed by atoms with Crippen LogP contribution in [0.15, 0.2) is 24.3 Å². The van der Waals surface area contributed by atoms with Crippen LogP contribution in [-0.2, 0) is 14.3 Å². The maximum atomic E-state index is 11.3. The molecular formula is C11H11NO7. The topological polar surface area (TPSA) is 105 Å². The molecule has 0 radical (unpaired) electrons. The van der Waals surface area contributed by atoms with Crippen molar-refractivity contribution in [3.63, 3.8) is 0 Å². The fourth-order valence-corrected chi connectivity index (χ4v) is 1.11. The first-order chi connectivity index (χ1) is 8.93. The van der Waals surface area contributed by atoms with Gasteiger partial charge in [-0.1, -0.05) is 0 Å². The molecule has 0 heterocycles. The Morgan fingerprint density at radius 3 is 2.32 bits per heavy atom. The molecule has 0 saturated carbocycles. The van der Waals surface area contributed by atoms with E-state index >= 15 is 0 Å². The van der Waals surface area contributed by atoms with Crippen molar-refractivity contribution >= 4 is 17.8 Å². The van der Waals surface area contributed by atoms with Gasteiger partial charge in [0, 0.05) is 12.1 Å². The van der Waals surface area contributed by atoms with E-state index in [1.807, 2.05) is 0 Å². The zero-order valence-electron chi connectivity index (χ0n) is 10.2. The number of hydrogen-bond acceptors (Lipinski definition) is 7. The molecule has 8 heteroatoms. The summed E-state index contributed by atoms with van der Waals surface area (Å²) in [5.41, 5.74) is -0.136. The third kappa shape index (κ3) is 4.26. The number of benzene rings is 1. The van der Waals surface area contributed by atoms with Gasteiger partial charge >= 0.3 is 12.1 Å². The van der Waals surface area contributed by atoms with Gasteiger partial charge in [0.05, 0.1) is 12.0 Å². The molecule has 0 bridgehead atoms. The Morgan fingerprint density at radius 1 is 1.26 bits per heavy atom. The SMILES string of the molecule is COC(=O)C(C)OC(=O)Oc1ccc([N+](=O)[O-])cc1. The number of non-ortho nitro benzene ring substituents is 1. The third-order valence-corrected chi connectivity index (χ3v) is 2.05. The van der Waals surface area contributed by atoms with Crippen LogP contribution in [0.1, 0.15) is 6.92 Å². The van der Waals surface area contributed by atoms with Gasteiger partial charge in [0.1, 0.15) is 5.75 Å². The molecule has 0 aliphatic rings. The van der Waals surface area contributed by atoms with Crippen molar-refractivity contribution in [2.24, 2.45) is 0 Å². The molecule has 8 nitrogen and oxygen atoms in total. The van der Waals surface area contributed by atoms with Crippen LogP contribution in [0.4, 0.5) is 10.5 Å². The average molecular weight is 269 g/mol. The molecule has 0 aromatic heterocycles. The zero-order valence-corrected chi connectivity index (χ0v) is 10.2. The minimum absolute atomic E-state index is 0.0627. The predicted octanol–water partition coefficient (Wildman–Crippen LogP) is 1.67. The normalized spacial score (nSPS) is 11.3. The van der Waals surface area contributed by atoms with Crippen molar-refractivity contribution in [1.82, 2.24) is 0 Å². The number of nitro benzene ring substituents is 1. The van der Waals surface area contributed by atoms with Crippen molar-refractivity contribution < 1.29 is 28.7 Å². The Morgan fingerprint density at radius 2 is 1.84 bits per heavy atom. The molecule has 1 aromatic carbocycles. The smallest absolute Gasteiger partial charge is 0.466 e. The Kier molecular flexibility index (Phi) is 4.81. The van der Waals surface area contributed by atoms with Crippen molar-refractivity contribution in [3.8, 4) is 5.75 Å². The summed E-state index contributed by atoms with van der Waals surface area (Å²) < 4.78 is 13.7. The molecular weight excluding hydrogens is 258 g/mol. The monoisotopic (exact) mass is 269 g/mol. The molecule has 0 N–H and O–H groups in total. The van der Waals surface area contributed by atoms with E-state index in [2.05, 4.69) is 9.47 Å². The molecule has 0 spiro atoms. The highest BCUT2D eigenvalue weighted by atomic mass is 16.7. The first-order valence-corrected chi connectivity index (χ1v) is 5.14. The number of ether oxygens (including phenoxy) is 3. The van der Waals surface area contributed by atoms with Crippen molar-refractivity contribution in [3.05, 3.63) is 34.4 Å². The van der Waals surface area contributed by atoms with Gasteiger partial charge in [0.25, 0.3) is 5.69 Å². The molecule has 0 aliphatic heterocycles. The fraction of sp³-hybridized carbons (Fsp3) is 0.273. The number of methoxy groups -OCH3 is 1. The van der Waals surface area contributed by atoms with E-state index in [1.54, 1.807) is 0 Å². The van der Waals surface area contributed by atoms with E-state index in [0.29, 0.717) is 0 Å². The summed E-state index contributed by atoms with van der Waals surface area (Å²) in [6.45, 7) is 1.32. The molecule has 0 aliphatic carbocycles. The van der Waals surface area contributed by atoms with Crippen LogP contribution in [0.5, 0.6) is 5.75 Å². The summed E-state index contributed by atoms with van der Waals surface area (Å²) in [7, 11) is 1.16. The molecule has 19 heavy (non-hydrogen) atoms. The molecule has 0 saturated heterocycles. The van der Waals surface area contributed by atoms with Crippen molar-refractivity contribution in [2.45, 2.75) is 13.0 Å².